The number of hydrogen-bond donors (Lipinski definition) is 1. The Morgan fingerprint density at radius 3 is 2.10 bits per heavy atom. The quantitative estimate of drug-likeness (QED) is 0.151. The predicted molar refractivity (Wildman–Crippen MR) is 169 cm³/mol. The Labute approximate surface area is 251 Å². The fraction of sp³-hybridized carbons (Fsp3) is 0.471. The fourth-order valence-corrected chi connectivity index (χ4v) is 4.39. The van der Waals surface area contributed by atoms with Crippen LogP contribution in [0, 0.1) is 5.92 Å². The third kappa shape index (κ3) is 11.7. The van der Waals surface area contributed by atoms with E-state index in [9.17, 15) is 9.59 Å². The number of ether oxygens (including phenoxy) is 2. The number of rotatable bonds is 13. The van der Waals surface area contributed by atoms with Gasteiger partial charge in [0.05, 0.1) is 25.7 Å². The van der Waals surface area contributed by atoms with Gasteiger partial charge in [-0.1, -0.05) is 82.9 Å². The Hall–Kier alpha value is -3.62. The van der Waals surface area contributed by atoms with Gasteiger partial charge < -0.3 is 24.9 Å². The summed E-state index contributed by atoms with van der Waals surface area (Å²) in [4.78, 5) is 32.5. The van der Waals surface area contributed by atoms with Crippen LogP contribution in [0.4, 0.5) is 0 Å². The molecule has 228 valence electrons. The summed E-state index contributed by atoms with van der Waals surface area (Å²) in [5.74, 6) is 1.62. The summed E-state index contributed by atoms with van der Waals surface area (Å²) in [5, 5.41) is 0. The lowest BCUT2D eigenvalue weighted by atomic mass is 10.0. The molecule has 8 nitrogen and oxygen atoms in total. The number of carbonyl (C=O) groups excluding carboxylic acids is 2. The highest BCUT2D eigenvalue weighted by Gasteiger charge is 2.30. The first-order valence-corrected chi connectivity index (χ1v) is 15.0. The molecule has 42 heavy (non-hydrogen) atoms. The first-order valence-electron chi connectivity index (χ1n) is 15.0. The molecule has 0 bridgehead atoms. The number of likely N-dealkylation sites (tertiary alicyclic amines) is 1. The Bertz CT molecular complexity index is 1160. The average molecular weight is 577 g/mol. The van der Waals surface area contributed by atoms with Crippen molar-refractivity contribution < 1.29 is 19.1 Å². The average Bonchev–Trinajstić information content (AvgIpc) is 3.03. The number of carbonyl (C=O) groups is 2. The van der Waals surface area contributed by atoms with E-state index in [1.807, 2.05) is 81.8 Å². The maximum Gasteiger partial charge on any atom is 0.311 e. The van der Waals surface area contributed by atoms with E-state index < -0.39 is 6.04 Å². The largest absolute Gasteiger partial charge is 0.494 e. The van der Waals surface area contributed by atoms with Gasteiger partial charge in [0.1, 0.15) is 12.0 Å². The maximum atomic E-state index is 10.7. The molecule has 2 N–H and O–H groups in total. The van der Waals surface area contributed by atoms with Crippen LogP contribution in [0.15, 0.2) is 60.9 Å². The van der Waals surface area contributed by atoms with Crippen molar-refractivity contribution in [1.82, 2.24) is 14.9 Å². The van der Waals surface area contributed by atoms with Crippen LogP contribution in [0.2, 0.25) is 0 Å². The first kappa shape index (κ1) is 34.6. The second-order valence-electron chi connectivity index (χ2n) is 10.2. The van der Waals surface area contributed by atoms with Crippen LogP contribution in [0.1, 0.15) is 58.4 Å². The summed E-state index contributed by atoms with van der Waals surface area (Å²) in [6, 6.07) is 15.4. The molecule has 0 amide bonds. The minimum Gasteiger partial charge on any atom is -0.494 e. The van der Waals surface area contributed by atoms with E-state index in [-0.39, 0.29) is 11.9 Å². The molecule has 1 aliphatic heterocycles. The summed E-state index contributed by atoms with van der Waals surface area (Å²) < 4.78 is 10.4. The van der Waals surface area contributed by atoms with E-state index in [0.717, 1.165) is 60.4 Å². The molecular weight excluding hydrogens is 528 g/mol. The molecule has 1 fully saturated rings. The van der Waals surface area contributed by atoms with Gasteiger partial charge in [0.15, 0.2) is 5.82 Å². The summed E-state index contributed by atoms with van der Waals surface area (Å²) >= 11 is 0. The van der Waals surface area contributed by atoms with Crippen LogP contribution in [-0.2, 0) is 20.7 Å². The number of nitrogens with zero attached hydrogens (tertiary/aromatic N) is 3. The Morgan fingerprint density at radius 2 is 1.55 bits per heavy atom. The molecule has 2 heterocycles. The monoisotopic (exact) mass is 576 g/mol. The van der Waals surface area contributed by atoms with Crippen LogP contribution >= 0.6 is 0 Å². The molecule has 1 aromatic heterocycles. The van der Waals surface area contributed by atoms with Crippen molar-refractivity contribution in [2.75, 3.05) is 33.9 Å². The number of benzene rings is 2. The highest BCUT2D eigenvalue weighted by Crippen LogP contribution is 2.23. The molecule has 1 unspecified atom stereocenters. The van der Waals surface area contributed by atoms with Crippen molar-refractivity contribution in [3.8, 4) is 28.3 Å². The number of esters is 1. The Balaban J connectivity index is 0.000000473. The van der Waals surface area contributed by atoms with E-state index in [1.165, 1.54) is 32.8 Å². The zero-order chi connectivity index (χ0) is 30.7. The van der Waals surface area contributed by atoms with Gasteiger partial charge in [0.2, 0.25) is 0 Å². The lowest BCUT2D eigenvalue weighted by Crippen LogP contribution is -2.48. The minimum atomic E-state index is -0.469. The van der Waals surface area contributed by atoms with Gasteiger partial charge in [0, 0.05) is 36.6 Å². The van der Waals surface area contributed by atoms with E-state index >= 15 is 0 Å². The molecule has 0 aliphatic carbocycles. The Kier molecular flexibility index (Phi) is 16.0. The SMILES string of the molecule is CC.CCCCCCCOc1ccc(-c2cnc(-c3ccc(CC(N)C=O)cc3)nc2)cc1.COC(=O)C1CN(C)C1. The van der Waals surface area contributed by atoms with Gasteiger partial charge in [-0.3, -0.25) is 4.79 Å². The third-order valence-corrected chi connectivity index (χ3v) is 6.81. The van der Waals surface area contributed by atoms with Crippen molar-refractivity contribution in [1.29, 1.82) is 0 Å². The van der Waals surface area contributed by atoms with Crippen molar-refractivity contribution in [3.05, 3.63) is 66.5 Å². The first-order chi connectivity index (χ1) is 20.4. The number of aromatic nitrogens is 2. The summed E-state index contributed by atoms with van der Waals surface area (Å²) in [6.45, 7) is 8.70. The smallest absolute Gasteiger partial charge is 0.311 e. The number of aldehydes is 1. The molecule has 2 aromatic carbocycles. The normalized spacial score (nSPS) is 13.4. The number of hydrogen-bond acceptors (Lipinski definition) is 8. The molecule has 4 rings (SSSR count). The topological polar surface area (TPSA) is 108 Å². The van der Waals surface area contributed by atoms with Crippen molar-refractivity contribution in [2.45, 2.75) is 65.3 Å². The van der Waals surface area contributed by atoms with Crippen LogP contribution in [0.5, 0.6) is 5.75 Å². The molecule has 1 atom stereocenters. The van der Waals surface area contributed by atoms with Gasteiger partial charge in [-0.2, -0.15) is 0 Å². The second-order valence-corrected chi connectivity index (χ2v) is 10.2. The van der Waals surface area contributed by atoms with Crippen LogP contribution in [-0.4, -0.2) is 67.0 Å². The lowest BCUT2D eigenvalue weighted by molar-refractivity contribution is -0.150. The van der Waals surface area contributed by atoms with Gasteiger partial charge in [-0.15, -0.1) is 0 Å². The van der Waals surface area contributed by atoms with E-state index in [2.05, 4.69) is 26.5 Å². The molecular formula is C34H48N4O4. The van der Waals surface area contributed by atoms with Gasteiger partial charge in [-0.25, -0.2) is 9.97 Å². The summed E-state index contributed by atoms with van der Waals surface area (Å²) in [6.07, 6.45) is 11.1. The van der Waals surface area contributed by atoms with Gasteiger partial charge >= 0.3 is 5.97 Å². The van der Waals surface area contributed by atoms with Crippen LogP contribution in [0.3, 0.4) is 0 Å². The standard InChI is InChI=1S/C26H31N3O2.C6H11NO2.C2H6/c1-2-3-4-5-6-15-31-25-13-11-21(12-14-25)23-17-28-26(29-18-23)22-9-7-20(8-10-22)16-24(27)19-30;1-7-3-5(4-7)6(8)9-2;1-2/h7-14,17-19,24H,2-6,15-16,27H2,1H3;5H,3-4H2,1-2H3;1-2H3. The number of unbranched alkanes of at least 4 members (excludes halogenated alkanes) is 4. The van der Waals surface area contributed by atoms with E-state index in [4.69, 9.17) is 10.5 Å². The molecule has 1 aliphatic rings. The van der Waals surface area contributed by atoms with Gasteiger partial charge in [-0.05, 0) is 43.1 Å². The zero-order valence-corrected chi connectivity index (χ0v) is 25.9. The van der Waals surface area contributed by atoms with Gasteiger partial charge in [0.25, 0.3) is 0 Å². The number of methoxy groups -OCH3 is 1. The molecule has 8 heteroatoms. The predicted octanol–water partition coefficient (Wildman–Crippen LogP) is 5.98. The maximum absolute atomic E-state index is 10.7. The summed E-state index contributed by atoms with van der Waals surface area (Å²) in [7, 11) is 3.42. The highest BCUT2D eigenvalue weighted by molar-refractivity contribution is 5.73. The lowest BCUT2D eigenvalue weighted by Gasteiger charge is -2.33. The fourth-order valence-electron chi connectivity index (χ4n) is 4.39. The van der Waals surface area contributed by atoms with E-state index in [0.29, 0.717) is 12.2 Å². The molecule has 3 aromatic rings. The van der Waals surface area contributed by atoms with E-state index in [1.54, 1.807) is 0 Å². The molecule has 0 saturated carbocycles. The van der Waals surface area contributed by atoms with Crippen molar-refractivity contribution in [2.24, 2.45) is 11.7 Å². The second kappa shape index (κ2) is 19.5. The highest BCUT2D eigenvalue weighted by atomic mass is 16.5. The van der Waals surface area contributed by atoms with Crippen LogP contribution in [0.25, 0.3) is 22.5 Å². The molecule has 1 saturated heterocycles. The molecule has 0 radical (unpaired) electrons. The number of nitrogens with two attached hydrogens (primary N) is 1. The minimum absolute atomic E-state index is 0.0758. The zero-order valence-electron chi connectivity index (χ0n) is 25.9. The molecule has 0 spiro atoms. The summed E-state index contributed by atoms with van der Waals surface area (Å²) in [5.41, 5.74) is 9.64. The third-order valence-electron chi connectivity index (χ3n) is 6.81. The van der Waals surface area contributed by atoms with Crippen LogP contribution < -0.4 is 10.5 Å². The van der Waals surface area contributed by atoms with Crippen molar-refractivity contribution in [3.63, 3.8) is 0 Å². The van der Waals surface area contributed by atoms with Crippen molar-refractivity contribution >= 4 is 12.3 Å². The Morgan fingerprint density at radius 1 is 0.952 bits per heavy atom.